The van der Waals surface area contributed by atoms with Crippen LogP contribution < -0.4 is 5.32 Å². The van der Waals surface area contributed by atoms with Crippen LogP contribution in [0.5, 0.6) is 0 Å². The highest BCUT2D eigenvalue weighted by Crippen LogP contribution is 2.29. The molecule has 0 aliphatic heterocycles. The van der Waals surface area contributed by atoms with Crippen LogP contribution in [0.4, 0.5) is 5.69 Å². The first-order valence-corrected chi connectivity index (χ1v) is 6.66. The minimum Gasteiger partial charge on any atom is -0.377 e. The van der Waals surface area contributed by atoms with Crippen molar-refractivity contribution in [2.45, 2.75) is 13.0 Å². The molecule has 2 rings (SSSR count). The van der Waals surface area contributed by atoms with Crippen LogP contribution in [-0.2, 0) is 0 Å². The van der Waals surface area contributed by atoms with Crippen LogP contribution in [0.1, 0.15) is 18.5 Å². The summed E-state index contributed by atoms with van der Waals surface area (Å²) in [5, 5.41) is 5.34. The van der Waals surface area contributed by atoms with Gasteiger partial charge in [-0.2, -0.15) is 0 Å². The van der Waals surface area contributed by atoms with E-state index >= 15 is 0 Å². The average Bonchev–Trinajstić information content (AvgIpc) is 2.34. The molecule has 0 bridgehead atoms. The SMILES string of the molecule is CC(Nc1cc(Cl)ccc1Cl)c1cccc(Cl)c1. The van der Waals surface area contributed by atoms with E-state index in [4.69, 9.17) is 34.8 Å². The molecule has 0 fully saturated rings. The van der Waals surface area contributed by atoms with Gasteiger partial charge in [-0.05, 0) is 42.8 Å². The molecule has 0 saturated carbocycles. The second kappa shape index (κ2) is 5.83. The molecule has 2 aromatic rings. The largest absolute Gasteiger partial charge is 0.377 e. The molecule has 1 nitrogen and oxygen atoms in total. The molecule has 0 spiro atoms. The van der Waals surface area contributed by atoms with Crippen LogP contribution in [0.25, 0.3) is 0 Å². The van der Waals surface area contributed by atoms with E-state index in [0.717, 1.165) is 16.3 Å². The first kappa shape index (κ1) is 13.5. The van der Waals surface area contributed by atoms with Gasteiger partial charge in [-0.25, -0.2) is 0 Å². The van der Waals surface area contributed by atoms with Gasteiger partial charge in [-0.15, -0.1) is 0 Å². The summed E-state index contributed by atoms with van der Waals surface area (Å²) in [5.41, 5.74) is 1.91. The van der Waals surface area contributed by atoms with E-state index in [9.17, 15) is 0 Å². The molecular formula is C14H12Cl3N. The molecule has 1 N–H and O–H groups in total. The summed E-state index contributed by atoms with van der Waals surface area (Å²) in [6.45, 7) is 2.04. The number of benzene rings is 2. The Morgan fingerprint density at radius 1 is 0.944 bits per heavy atom. The van der Waals surface area contributed by atoms with Crippen LogP contribution >= 0.6 is 34.8 Å². The molecule has 0 aliphatic rings. The highest BCUT2D eigenvalue weighted by Gasteiger charge is 2.08. The molecular weight excluding hydrogens is 289 g/mol. The van der Waals surface area contributed by atoms with Gasteiger partial charge >= 0.3 is 0 Å². The second-order valence-corrected chi connectivity index (χ2v) is 5.33. The summed E-state index contributed by atoms with van der Waals surface area (Å²) >= 11 is 18.0. The van der Waals surface area contributed by atoms with E-state index in [0.29, 0.717) is 10.0 Å². The summed E-state index contributed by atoms with van der Waals surface area (Å²) < 4.78 is 0. The molecule has 0 radical (unpaired) electrons. The van der Waals surface area contributed by atoms with Gasteiger partial charge in [0, 0.05) is 16.1 Å². The summed E-state index contributed by atoms with van der Waals surface area (Å²) in [5.74, 6) is 0. The maximum Gasteiger partial charge on any atom is 0.0638 e. The van der Waals surface area contributed by atoms with Crippen LogP contribution in [0.2, 0.25) is 15.1 Å². The van der Waals surface area contributed by atoms with Crippen molar-refractivity contribution in [3.8, 4) is 0 Å². The number of nitrogens with one attached hydrogen (secondary N) is 1. The Balaban J connectivity index is 2.21. The topological polar surface area (TPSA) is 12.0 Å². The zero-order valence-electron chi connectivity index (χ0n) is 9.75. The van der Waals surface area contributed by atoms with Gasteiger partial charge in [0.15, 0.2) is 0 Å². The van der Waals surface area contributed by atoms with Crippen molar-refractivity contribution in [1.82, 2.24) is 0 Å². The number of hydrogen-bond donors (Lipinski definition) is 1. The summed E-state index contributed by atoms with van der Waals surface area (Å²) in [6, 6.07) is 13.2. The monoisotopic (exact) mass is 299 g/mol. The van der Waals surface area contributed by atoms with Gasteiger partial charge in [0.25, 0.3) is 0 Å². The fourth-order valence-electron chi connectivity index (χ4n) is 1.70. The highest BCUT2D eigenvalue weighted by molar-refractivity contribution is 6.35. The Kier molecular flexibility index (Phi) is 4.39. The average molecular weight is 301 g/mol. The first-order valence-electron chi connectivity index (χ1n) is 5.53. The summed E-state index contributed by atoms with van der Waals surface area (Å²) in [6.07, 6.45) is 0. The lowest BCUT2D eigenvalue weighted by molar-refractivity contribution is 0.885. The summed E-state index contributed by atoms with van der Waals surface area (Å²) in [4.78, 5) is 0. The van der Waals surface area contributed by atoms with Crippen LogP contribution in [-0.4, -0.2) is 0 Å². The third-order valence-electron chi connectivity index (χ3n) is 2.65. The lowest BCUT2D eigenvalue weighted by Gasteiger charge is -2.17. The molecule has 94 valence electrons. The van der Waals surface area contributed by atoms with Gasteiger partial charge in [-0.3, -0.25) is 0 Å². The van der Waals surface area contributed by atoms with Crippen LogP contribution in [0.15, 0.2) is 42.5 Å². The number of anilines is 1. The van der Waals surface area contributed by atoms with E-state index < -0.39 is 0 Å². The zero-order chi connectivity index (χ0) is 13.1. The predicted octanol–water partition coefficient (Wildman–Crippen LogP) is 5.82. The molecule has 0 heterocycles. The lowest BCUT2D eigenvalue weighted by atomic mass is 10.1. The van der Waals surface area contributed by atoms with Gasteiger partial charge in [0.05, 0.1) is 10.7 Å². The molecule has 4 heteroatoms. The fraction of sp³-hybridized carbons (Fsp3) is 0.143. The van der Waals surface area contributed by atoms with Crippen molar-refractivity contribution < 1.29 is 0 Å². The third kappa shape index (κ3) is 3.32. The van der Waals surface area contributed by atoms with E-state index in [2.05, 4.69) is 5.32 Å². The van der Waals surface area contributed by atoms with Crippen molar-refractivity contribution in [1.29, 1.82) is 0 Å². The first-order chi connectivity index (χ1) is 8.56. The predicted molar refractivity (Wildman–Crippen MR) is 80.0 cm³/mol. The maximum atomic E-state index is 6.11. The number of hydrogen-bond acceptors (Lipinski definition) is 1. The van der Waals surface area contributed by atoms with Gasteiger partial charge < -0.3 is 5.32 Å². The quantitative estimate of drug-likeness (QED) is 0.753. The molecule has 1 unspecified atom stereocenters. The van der Waals surface area contributed by atoms with Crippen molar-refractivity contribution >= 4 is 40.5 Å². The van der Waals surface area contributed by atoms with Gasteiger partial charge in [0.1, 0.15) is 0 Å². The molecule has 0 aromatic heterocycles. The maximum absolute atomic E-state index is 6.11. The normalized spacial score (nSPS) is 12.2. The second-order valence-electron chi connectivity index (χ2n) is 4.05. The van der Waals surface area contributed by atoms with E-state index in [1.807, 2.05) is 37.3 Å². The Morgan fingerprint density at radius 3 is 2.39 bits per heavy atom. The molecule has 1 atom stereocenters. The fourth-order valence-corrected chi connectivity index (χ4v) is 2.24. The minimum atomic E-state index is 0.0969. The third-order valence-corrected chi connectivity index (χ3v) is 3.45. The smallest absolute Gasteiger partial charge is 0.0638 e. The Labute approximate surface area is 122 Å². The molecule has 0 amide bonds. The van der Waals surface area contributed by atoms with Crippen LogP contribution in [0.3, 0.4) is 0 Å². The van der Waals surface area contributed by atoms with E-state index in [-0.39, 0.29) is 6.04 Å². The van der Waals surface area contributed by atoms with Gasteiger partial charge in [0.2, 0.25) is 0 Å². The van der Waals surface area contributed by atoms with Crippen molar-refractivity contribution in [3.05, 3.63) is 63.1 Å². The Morgan fingerprint density at radius 2 is 1.67 bits per heavy atom. The Hall–Kier alpha value is -0.890. The number of rotatable bonds is 3. The van der Waals surface area contributed by atoms with E-state index in [1.165, 1.54) is 0 Å². The van der Waals surface area contributed by atoms with Crippen molar-refractivity contribution in [2.75, 3.05) is 5.32 Å². The molecule has 0 saturated heterocycles. The number of halogens is 3. The van der Waals surface area contributed by atoms with Gasteiger partial charge in [-0.1, -0.05) is 46.9 Å². The van der Waals surface area contributed by atoms with Crippen molar-refractivity contribution in [2.24, 2.45) is 0 Å². The summed E-state index contributed by atoms with van der Waals surface area (Å²) in [7, 11) is 0. The minimum absolute atomic E-state index is 0.0969. The Bertz CT molecular complexity index is 554. The lowest BCUT2D eigenvalue weighted by Crippen LogP contribution is -2.06. The molecule has 18 heavy (non-hydrogen) atoms. The standard InChI is InChI=1S/C14H12Cl3N/c1-9(10-3-2-4-11(15)7-10)18-14-8-12(16)5-6-13(14)17/h2-9,18H,1H3. The molecule has 2 aromatic carbocycles. The molecule has 0 aliphatic carbocycles. The highest BCUT2D eigenvalue weighted by atomic mass is 35.5. The van der Waals surface area contributed by atoms with E-state index in [1.54, 1.807) is 12.1 Å². The van der Waals surface area contributed by atoms with Crippen LogP contribution in [0, 0.1) is 0 Å². The zero-order valence-corrected chi connectivity index (χ0v) is 12.0. The van der Waals surface area contributed by atoms with Crippen molar-refractivity contribution in [3.63, 3.8) is 0 Å².